The van der Waals surface area contributed by atoms with Crippen molar-refractivity contribution in [2.24, 2.45) is 5.92 Å². The van der Waals surface area contributed by atoms with E-state index in [0.29, 0.717) is 30.1 Å². The summed E-state index contributed by atoms with van der Waals surface area (Å²) in [6.07, 6.45) is 2.69. The minimum atomic E-state index is -2.90. The van der Waals surface area contributed by atoms with Gasteiger partial charge in [-0.25, -0.2) is 0 Å². The Balaban J connectivity index is 1.16. The molecule has 1 spiro atoms. The maximum absolute atomic E-state index is 14.9. The molecule has 7 rings (SSSR count). The Morgan fingerprint density at radius 1 is 1.00 bits per heavy atom. The highest BCUT2D eigenvalue weighted by Gasteiger charge is 2.66. The number of aliphatic hydroxyl groups is 1. The highest BCUT2D eigenvalue weighted by Crippen LogP contribution is 2.60. The number of aromatic nitrogens is 3. The number of aryl methyl sites for hydroxylation is 1. The number of carbonyl (C=O) groups is 2. The summed E-state index contributed by atoms with van der Waals surface area (Å²) in [5.41, 5.74) is 3.83. The predicted molar refractivity (Wildman–Crippen MR) is 204 cm³/mol. The number of benzene rings is 4. The van der Waals surface area contributed by atoms with E-state index in [4.69, 9.17) is 9.47 Å². The van der Waals surface area contributed by atoms with E-state index in [1.54, 1.807) is 21.6 Å². The average Bonchev–Trinajstić information content (AvgIpc) is 3.82. The molecule has 2 aliphatic heterocycles. The minimum absolute atomic E-state index is 0.0998. The van der Waals surface area contributed by atoms with Gasteiger partial charge in [0.1, 0.15) is 5.75 Å². The van der Waals surface area contributed by atoms with Gasteiger partial charge < -0.3 is 24.3 Å². The maximum atomic E-state index is 14.9. The molecule has 5 atom stereocenters. The summed E-state index contributed by atoms with van der Waals surface area (Å²) in [6.45, 7) is 6.47. The number of hydrogen-bond acceptors (Lipinski definition) is 8. The highest BCUT2D eigenvalue weighted by atomic mass is 28.4. The number of ether oxygens (including phenoxy) is 2. The normalized spacial score (nSPS) is 21.5. The van der Waals surface area contributed by atoms with E-state index in [9.17, 15) is 19.5 Å². The van der Waals surface area contributed by atoms with Gasteiger partial charge >= 0.3 is 0 Å². The van der Waals surface area contributed by atoms with Crippen molar-refractivity contribution in [1.82, 2.24) is 15.0 Å². The third kappa shape index (κ3) is 6.67. The molecular formula is C41H45N5O6Si. The van der Waals surface area contributed by atoms with E-state index >= 15 is 0 Å². The van der Waals surface area contributed by atoms with Crippen molar-refractivity contribution < 1.29 is 29.0 Å². The number of nitrogens with zero attached hydrogens (tertiary/aromatic N) is 5. The third-order valence-electron chi connectivity index (χ3n) is 10.8. The summed E-state index contributed by atoms with van der Waals surface area (Å²) in [5, 5.41) is 18.9. The zero-order valence-electron chi connectivity index (χ0n) is 30.4. The fourth-order valence-electron chi connectivity index (χ4n) is 8.31. The predicted octanol–water partition coefficient (Wildman–Crippen LogP) is 6.14. The van der Waals surface area contributed by atoms with Gasteiger partial charge in [-0.15, -0.1) is 5.10 Å². The first kappa shape index (κ1) is 36.2. The van der Waals surface area contributed by atoms with E-state index < -0.39 is 20.0 Å². The van der Waals surface area contributed by atoms with Crippen molar-refractivity contribution in [2.75, 3.05) is 23.5 Å². The molecule has 5 aromatic rings. The summed E-state index contributed by atoms with van der Waals surface area (Å²) in [6, 6.07) is 32.4. The van der Waals surface area contributed by atoms with Gasteiger partial charge in [0.25, 0.3) is 5.91 Å². The molecule has 1 unspecified atom stereocenters. The SMILES string of the molecule is COc1ccc2c(c1)[C@]1(O[C@@H](CCn3cc(C(CO)c4ccccc4)nn3)[C@H]([Si](C)(C)O)[C@H]1C)C(=O)N2Cc1ccc(N(C=O)c2ccccc2)cc1. The van der Waals surface area contributed by atoms with Gasteiger partial charge in [0.05, 0.1) is 43.7 Å². The van der Waals surface area contributed by atoms with E-state index in [2.05, 4.69) is 10.3 Å². The lowest BCUT2D eigenvalue weighted by Gasteiger charge is -2.32. The van der Waals surface area contributed by atoms with Gasteiger partial charge in [-0.2, -0.15) is 0 Å². The highest BCUT2D eigenvalue weighted by molar-refractivity contribution is 6.71. The average molecular weight is 732 g/mol. The molecule has 1 fully saturated rings. The first-order valence-corrected chi connectivity index (χ1v) is 21.0. The molecule has 0 saturated carbocycles. The zero-order chi connectivity index (χ0) is 37.3. The second-order valence-electron chi connectivity index (χ2n) is 14.5. The Kier molecular flexibility index (Phi) is 10.1. The van der Waals surface area contributed by atoms with E-state index in [1.807, 2.05) is 129 Å². The molecular weight excluding hydrogens is 687 g/mol. The number of methoxy groups -OCH3 is 1. The number of anilines is 3. The van der Waals surface area contributed by atoms with Crippen LogP contribution in [0.25, 0.3) is 0 Å². The smallest absolute Gasteiger partial charge is 0.264 e. The first-order valence-electron chi connectivity index (χ1n) is 17.9. The van der Waals surface area contributed by atoms with Crippen molar-refractivity contribution in [2.45, 2.75) is 62.7 Å². The second-order valence-corrected chi connectivity index (χ2v) is 18.4. The van der Waals surface area contributed by atoms with Crippen LogP contribution < -0.4 is 14.5 Å². The summed E-state index contributed by atoms with van der Waals surface area (Å²) >= 11 is 0. The molecule has 11 nitrogen and oxygen atoms in total. The van der Waals surface area contributed by atoms with Crippen LogP contribution in [-0.4, -0.2) is 65.4 Å². The number of fused-ring (bicyclic) bond motifs is 2. The topological polar surface area (TPSA) is 130 Å². The van der Waals surface area contributed by atoms with Gasteiger partial charge in [-0.1, -0.05) is 72.8 Å². The third-order valence-corrected chi connectivity index (χ3v) is 13.3. The van der Waals surface area contributed by atoms with E-state index in [1.165, 1.54) is 0 Å². The Labute approximate surface area is 310 Å². The van der Waals surface area contributed by atoms with Crippen molar-refractivity contribution in [3.8, 4) is 5.75 Å². The van der Waals surface area contributed by atoms with Crippen molar-refractivity contribution in [3.63, 3.8) is 0 Å². The fourth-order valence-corrected chi connectivity index (χ4v) is 10.9. The molecule has 0 radical (unpaired) electrons. The molecule has 274 valence electrons. The number of carbonyl (C=O) groups excluding carboxylic acids is 2. The largest absolute Gasteiger partial charge is 0.497 e. The van der Waals surface area contributed by atoms with Crippen molar-refractivity contribution in [3.05, 3.63) is 132 Å². The molecule has 2 aliphatic rings. The van der Waals surface area contributed by atoms with Gasteiger partial charge in [0.15, 0.2) is 13.9 Å². The minimum Gasteiger partial charge on any atom is -0.497 e. The van der Waals surface area contributed by atoms with Crippen LogP contribution in [0.2, 0.25) is 18.6 Å². The molecule has 0 aliphatic carbocycles. The van der Waals surface area contributed by atoms with Crippen molar-refractivity contribution >= 4 is 37.7 Å². The standard InChI is InChI=1S/C41H45N5O6Si/c1-28-39(53(3,4)50)38(21-22-44-25-36(42-43-44)34(26-47)30-11-7-5-8-12-30)52-41(28)35-23-33(51-2)19-20-37(35)45(40(41)49)24-29-15-17-32(18-16-29)46(27-48)31-13-9-6-10-14-31/h5-20,23,25,27-28,34,38-39,47,50H,21-22,24,26H2,1-4H3/t28-,34?,38+,39-,41+/m1/s1. The Morgan fingerprint density at radius 2 is 1.68 bits per heavy atom. The van der Waals surface area contributed by atoms with Crippen LogP contribution in [0.4, 0.5) is 17.1 Å². The van der Waals surface area contributed by atoms with Crippen LogP contribution in [-0.2, 0) is 33.0 Å². The van der Waals surface area contributed by atoms with Crippen LogP contribution in [0.3, 0.4) is 0 Å². The Bertz CT molecular complexity index is 2050. The van der Waals surface area contributed by atoms with Crippen LogP contribution in [0.1, 0.15) is 41.6 Å². The van der Waals surface area contributed by atoms with Gasteiger partial charge in [-0.3, -0.25) is 19.2 Å². The summed E-state index contributed by atoms with van der Waals surface area (Å²) in [7, 11) is -1.30. The molecule has 0 bridgehead atoms. The van der Waals surface area contributed by atoms with E-state index in [-0.39, 0.29) is 36.4 Å². The van der Waals surface area contributed by atoms with Crippen LogP contribution in [0.15, 0.2) is 109 Å². The lowest BCUT2D eigenvalue weighted by Crippen LogP contribution is -2.46. The molecule has 12 heteroatoms. The quantitative estimate of drug-likeness (QED) is 0.109. The molecule has 2 N–H and O–H groups in total. The van der Waals surface area contributed by atoms with Crippen LogP contribution in [0, 0.1) is 5.92 Å². The molecule has 3 heterocycles. The monoisotopic (exact) mass is 731 g/mol. The lowest BCUT2D eigenvalue weighted by molar-refractivity contribution is -0.146. The molecule has 4 aromatic carbocycles. The van der Waals surface area contributed by atoms with Crippen LogP contribution >= 0.6 is 0 Å². The van der Waals surface area contributed by atoms with Gasteiger partial charge in [-0.05, 0) is 73.1 Å². The number of aliphatic hydroxyl groups excluding tert-OH is 1. The van der Waals surface area contributed by atoms with Gasteiger partial charge in [0, 0.05) is 41.1 Å². The summed E-state index contributed by atoms with van der Waals surface area (Å²) in [5.74, 6) is -0.218. The maximum Gasteiger partial charge on any atom is 0.264 e. The molecule has 53 heavy (non-hydrogen) atoms. The summed E-state index contributed by atoms with van der Waals surface area (Å²) < 4.78 is 14.4. The fraction of sp³-hybridized carbons (Fsp3) is 0.317. The second kappa shape index (κ2) is 14.7. The van der Waals surface area contributed by atoms with Gasteiger partial charge in [0.2, 0.25) is 6.41 Å². The first-order chi connectivity index (χ1) is 25.6. The number of para-hydroxylation sites is 1. The Hall–Kier alpha value is -5.14. The molecule has 1 aromatic heterocycles. The van der Waals surface area contributed by atoms with E-state index in [0.717, 1.165) is 34.5 Å². The summed E-state index contributed by atoms with van der Waals surface area (Å²) in [4.78, 5) is 42.1. The number of hydrogen-bond donors (Lipinski definition) is 2. The molecule has 2 amide bonds. The lowest BCUT2D eigenvalue weighted by atomic mass is 9.82. The number of amides is 2. The Morgan fingerprint density at radius 3 is 2.32 bits per heavy atom. The number of rotatable bonds is 13. The molecule has 1 saturated heterocycles. The van der Waals surface area contributed by atoms with Crippen molar-refractivity contribution in [1.29, 1.82) is 0 Å². The zero-order valence-corrected chi connectivity index (χ0v) is 31.4. The van der Waals surface area contributed by atoms with Crippen LogP contribution in [0.5, 0.6) is 5.75 Å².